The molecule has 0 aromatic heterocycles. The van der Waals surface area contributed by atoms with Crippen molar-refractivity contribution in [1.82, 2.24) is 0 Å². The smallest absolute Gasteiger partial charge is 0.0826 e. The first-order valence-electron chi connectivity index (χ1n) is 8.80. The van der Waals surface area contributed by atoms with Gasteiger partial charge in [-0.05, 0) is 47.9 Å². The van der Waals surface area contributed by atoms with Gasteiger partial charge in [0.15, 0.2) is 0 Å². The fourth-order valence-corrected chi connectivity index (χ4v) is 4.17. The highest BCUT2D eigenvalue weighted by Gasteiger charge is 2.38. The van der Waals surface area contributed by atoms with Gasteiger partial charge in [-0.15, -0.1) is 0 Å². The zero-order valence-corrected chi connectivity index (χ0v) is 18.1. The van der Waals surface area contributed by atoms with Crippen LogP contribution in [-0.4, -0.2) is 3.79 Å². The standard InChI is InChI=1S/C22H27Cl3/c1-13(2)17-9-7-15(5)11-19(17)21(22(23,24)25)20-12-16(6)8-10-18(20)14(3)4/h7-14,21H,1-6H3. The van der Waals surface area contributed by atoms with Crippen LogP contribution in [0.3, 0.4) is 0 Å². The Hall–Kier alpha value is -0.690. The van der Waals surface area contributed by atoms with Crippen LogP contribution in [0.5, 0.6) is 0 Å². The number of rotatable bonds is 4. The quantitative estimate of drug-likeness (QED) is 0.458. The van der Waals surface area contributed by atoms with E-state index in [4.69, 9.17) is 34.8 Å². The van der Waals surface area contributed by atoms with Gasteiger partial charge in [0.25, 0.3) is 0 Å². The van der Waals surface area contributed by atoms with Crippen molar-refractivity contribution >= 4 is 34.8 Å². The Morgan fingerprint density at radius 1 is 0.640 bits per heavy atom. The summed E-state index contributed by atoms with van der Waals surface area (Å²) in [6.45, 7) is 12.9. The van der Waals surface area contributed by atoms with Crippen molar-refractivity contribution in [2.24, 2.45) is 0 Å². The Morgan fingerprint density at radius 2 is 1.00 bits per heavy atom. The van der Waals surface area contributed by atoms with Gasteiger partial charge in [0, 0.05) is 0 Å². The normalized spacial score (nSPS) is 12.5. The average Bonchev–Trinajstić information content (AvgIpc) is 2.45. The molecule has 0 N–H and O–H groups in total. The number of alkyl halides is 3. The highest BCUT2D eigenvalue weighted by molar-refractivity contribution is 6.68. The maximum absolute atomic E-state index is 6.56. The second-order valence-corrected chi connectivity index (χ2v) is 9.92. The van der Waals surface area contributed by atoms with Crippen molar-refractivity contribution in [3.05, 3.63) is 69.8 Å². The SMILES string of the molecule is Cc1ccc(C(C)C)c(C(c2cc(C)ccc2C(C)C)C(Cl)(Cl)Cl)c1. The van der Waals surface area contributed by atoms with E-state index in [0.29, 0.717) is 11.8 Å². The Labute approximate surface area is 167 Å². The van der Waals surface area contributed by atoms with Crippen LogP contribution >= 0.6 is 34.8 Å². The summed E-state index contributed by atoms with van der Waals surface area (Å²) in [5.74, 6) is 0.419. The first-order valence-corrected chi connectivity index (χ1v) is 9.93. The topological polar surface area (TPSA) is 0 Å². The fourth-order valence-electron chi connectivity index (χ4n) is 3.46. The predicted molar refractivity (Wildman–Crippen MR) is 113 cm³/mol. The van der Waals surface area contributed by atoms with Crippen molar-refractivity contribution in [3.63, 3.8) is 0 Å². The molecular formula is C22H27Cl3. The monoisotopic (exact) mass is 396 g/mol. The molecule has 136 valence electrons. The lowest BCUT2D eigenvalue weighted by molar-refractivity contribution is 0.750. The molecule has 0 amide bonds. The summed E-state index contributed by atoms with van der Waals surface area (Å²) in [6, 6.07) is 13.0. The molecule has 0 bridgehead atoms. The van der Waals surface area contributed by atoms with Crippen molar-refractivity contribution in [1.29, 1.82) is 0 Å². The van der Waals surface area contributed by atoms with Gasteiger partial charge in [0.1, 0.15) is 0 Å². The molecule has 0 unspecified atom stereocenters. The summed E-state index contributed by atoms with van der Waals surface area (Å²) in [5.41, 5.74) is 7.05. The predicted octanol–water partition coefficient (Wildman–Crippen LogP) is 8.05. The van der Waals surface area contributed by atoms with Crippen molar-refractivity contribution in [2.45, 2.75) is 63.1 Å². The number of aryl methyl sites for hydroxylation is 2. The highest BCUT2D eigenvalue weighted by Crippen LogP contribution is 2.49. The lowest BCUT2D eigenvalue weighted by atomic mass is 9.80. The zero-order valence-electron chi connectivity index (χ0n) is 15.8. The second kappa shape index (κ2) is 7.91. The van der Waals surface area contributed by atoms with Crippen LogP contribution < -0.4 is 0 Å². The Balaban J connectivity index is 2.81. The first-order chi connectivity index (χ1) is 11.5. The summed E-state index contributed by atoms with van der Waals surface area (Å²) < 4.78 is -1.42. The molecule has 2 aromatic carbocycles. The summed E-state index contributed by atoms with van der Waals surface area (Å²) in [6.07, 6.45) is 0. The third kappa shape index (κ3) is 4.73. The molecule has 3 heteroatoms. The van der Waals surface area contributed by atoms with Gasteiger partial charge in [-0.2, -0.15) is 0 Å². The number of hydrogen-bond acceptors (Lipinski definition) is 0. The molecule has 0 aliphatic carbocycles. The molecule has 0 fully saturated rings. The fraction of sp³-hybridized carbons (Fsp3) is 0.455. The molecular weight excluding hydrogens is 371 g/mol. The molecule has 25 heavy (non-hydrogen) atoms. The first kappa shape index (κ1) is 20.6. The van der Waals surface area contributed by atoms with Gasteiger partial charge in [-0.1, -0.05) is 110 Å². The molecule has 0 saturated heterocycles. The van der Waals surface area contributed by atoms with Crippen LogP contribution in [0.2, 0.25) is 0 Å². The van der Waals surface area contributed by atoms with E-state index >= 15 is 0 Å². The third-order valence-corrected chi connectivity index (χ3v) is 5.33. The van der Waals surface area contributed by atoms with Gasteiger partial charge < -0.3 is 0 Å². The molecule has 0 radical (unpaired) electrons. The molecule has 2 aromatic rings. The van der Waals surface area contributed by atoms with E-state index in [9.17, 15) is 0 Å². The molecule has 0 heterocycles. The number of hydrogen-bond donors (Lipinski definition) is 0. The van der Waals surface area contributed by atoms with Gasteiger partial charge in [0.05, 0.1) is 5.92 Å². The van der Waals surface area contributed by atoms with Crippen LogP contribution in [0.15, 0.2) is 36.4 Å². The molecule has 0 nitrogen and oxygen atoms in total. The van der Waals surface area contributed by atoms with E-state index in [-0.39, 0.29) is 5.92 Å². The van der Waals surface area contributed by atoms with Crippen LogP contribution in [0.4, 0.5) is 0 Å². The van der Waals surface area contributed by atoms with E-state index in [1.54, 1.807) is 0 Å². The summed E-state index contributed by atoms with van der Waals surface area (Å²) in [4.78, 5) is 0. The highest BCUT2D eigenvalue weighted by atomic mass is 35.6. The maximum Gasteiger partial charge on any atom is 0.201 e. The van der Waals surface area contributed by atoms with Crippen molar-refractivity contribution in [2.75, 3.05) is 0 Å². The van der Waals surface area contributed by atoms with Crippen molar-refractivity contribution in [3.8, 4) is 0 Å². The van der Waals surface area contributed by atoms with Crippen LogP contribution in [0.1, 0.15) is 78.8 Å². The Kier molecular flexibility index (Phi) is 6.52. The Bertz CT molecular complexity index is 682. The molecule has 0 atom stereocenters. The number of halogens is 3. The second-order valence-electron chi connectivity index (χ2n) is 7.55. The van der Waals surface area contributed by atoms with Crippen molar-refractivity contribution < 1.29 is 0 Å². The number of benzene rings is 2. The zero-order chi connectivity index (χ0) is 18.9. The minimum atomic E-state index is -1.42. The largest absolute Gasteiger partial charge is 0.201 e. The Morgan fingerprint density at radius 3 is 1.28 bits per heavy atom. The average molecular weight is 398 g/mol. The maximum atomic E-state index is 6.56. The van der Waals surface area contributed by atoms with E-state index in [1.165, 1.54) is 22.3 Å². The summed E-state index contributed by atoms with van der Waals surface area (Å²) in [5, 5.41) is 0. The van der Waals surface area contributed by atoms with Crippen LogP contribution in [0, 0.1) is 13.8 Å². The minimum absolute atomic E-state index is 0.299. The van der Waals surface area contributed by atoms with Gasteiger partial charge in [-0.3, -0.25) is 0 Å². The molecule has 0 spiro atoms. The van der Waals surface area contributed by atoms with Gasteiger partial charge in [0.2, 0.25) is 3.79 Å². The molecule has 0 aliphatic rings. The van der Waals surface area contributed by atoms with E-state index in [1.807, 2.05) is 0 Å². The van der Waals surface area contributed by atoms with Crippen LogP contribution in [0.25, 0.3) is 0 Å². The minimum Gasteiger partial charge on any atom is -0.0826 e. The van der Waals surface area contributed by atoms with Crippen LogP contribution in [-0.2, 0) is 0 Å². The summed E-state index contributed by atoms with van der Waals surface area (Å²) in [7, 11) is 0. The lowest BCUT2D eigenvalue weighted by Gasteiger charge is -2.31. The molecule has 0 saturated carbocycles. The molecule has 2 rings (SSSR count). The molecule has 0 aliphatic heterocycles. The van der Waals surface area contributed by atoms with Gasteiger partial charge >= 0.3 is 0 Å². The van der Waals surface area contributed by atoms with E-state index in [0.717, 1.165) is 11.1 Å². The lowest BCUT2D eigenvalue weighted by Crippen LogP contribution is -2.22. The summed E-state index contributed by atoms with van der Waals surface area (Å²) >= 11 is 19.7. The van der Waals surface area contributed by atoms with E-state index < -0.39 is 3.79 Å². The third-order valence-electron chi connectivity index (χ3n) is 4.68. The van der Waals surface area contributed by atoms with Gasteiger partial charge in [-0.25, -0.2) is 0 Å². The van der Waals surface area contributed by atoms with E-state index in [2.05, 4.69) is 77.9 Å².